The van der Waals surface area contributed by atoms with E-state index in [0.29, 0.717) is 5.69 Å². The van der Waals surface area contributed by atoms with Crippen molar-refractivity contribution in [2.24, 2.45) is 0 Å². The first-order valence-electron chi connectivity index (χ1n) is 5.83. The highest BCUT2D eigenvalue weighted by Crippen LogP contribution is 2.04. The Bertz CT molecular complexity index is 323. The molecule has 0 fully saturated rings. The van der Waals surface area contributed by atoms with E-state index in [4.69, 9.17) is 5.11 Å². The van der Waals surface area contributed by atoms with Gasteiger partial charge in [0.25, 0.3) is 0 Å². The molecule has 0 atom stereocenters. The largest absolute Gasteiger partial charge is 0.481 e. The zero-order chi connectivity index (χ0) is 11.8. The second kappa shape index (κ2) is 6.98. The van der Waals surface area contributed by atoms with Crippen molar-refractivity contribution in [3.63, 3.8) is 0 Å². The number of aromatic nitrogens is 3. The maximum atomic E-state index is 10.4. The van der Waals surface area contributed by atoms with Crippen LogP contribution in [0.2, 0.25) is 0 Å². The van der Waals surface area contributed by atoms with Gasteiger partial charge < -0.3 is 5.11 Å². The first-order chi connectivity index (χ1) is 7.72. The lowest BCUT2D eigenvalue weighted by atomic mass is 10.1. The zero-order valence-corrected chi connectivity index (χ0v) is 9.72. The minimum absolute atomic E-state index is 0.0458. The molecule has 0 spiro atoms. The van der Waals surface area contributed by atoms with Crippen LogP contribution in [0.3, 0.4) is 0 Å². The molecule has 90 valence electrons. The van der Waals surface area contributed by atoms with Crippen LogP contribution < -0.4 is 0 Å². The summed E-state index contributed by atoms with van der Waals surface area (Å²) in [5, 5.41) is 16.3. The first kappa shape index (κ1) is 12.7. The maximum absolute atomic E-state index is 10.4. The molecule has 5 heteroatoms. The van der Waals surface area contributed by atoms with Gasteiger partial charge in [-0.05, 0) is 6.42 Å². The van der Waals surface area contributed by atoms with E-state index in [1.54, 1.807) is 10.9 Å². The molecular weight excluding hydrogens is 206 g/mol. The summed E-state index contributed by atoms with van der Waals surface area (Å²) in [6.45, 7) is 3.02. The Morgan fingerprint density at radius 3 is 2.81 bits per heavy atom. The molecule has 0 amide bonds. The lowest BCUT2D eigenvalue weighted by Gasteiger charge is -1.99. The molecule has 1 N–H and O–H groups in total. The summed E-state index contributed by atoms with van der Waals surface area (Å²) in [4.78, 5) is 10.4. The van der Waals surface area contributed by atoms with E-state index >= 15 is 0 Å². The number of hydrogen-bond acceptors (Lipinski definition) is 3. The number of rotatable bonds is 8. The van der Waals surface area contributed by atoms with E-state index in [9.17, 15) is 4.79 Å². The quantitative estimate of drug-likeness (QED) is 0.686. The molecule has 5 nitrogen and oxygen atoms in total. The molecule has 1 heterocycles. The Hall–Kier alpha value is -1.39. The van der Waals surface area contributed by atoms with Crippen LogP contribution >= 0.6 is 0 Å². The van der Waals surface area contributed by atoms with Crippen molar-refractivity contribution >= 4 is 5.97 Å². The van der Waals surface area contributed by atoms with E-state index < -0.39 is 5.97 Å². The second-order valence-corrected chi connectivity index (χ2v) is 3.96. The summed E-state index contributed by atoms with van der Waals surface area (Å²) in [7, 11) is 0. The smallest absolute Gasteiger partial charge is 0.309 e. The van der Waals surface area contributed by atoms with E-state index in [2.05, 4.69) is 17.2 Å². The fraction of sp³-hybridized carbons (Fsp3) is 0.727. The van der Waals surface area contributed by atoms with Gasteiger partial charge in [-0.1, -0.05) is 37.8 Å². The van der Waals surface area contributed by atoms with Crippen molar-refractivity contribution in [3.05, 3.63) is 11.9 Å². The van der Waals surface area contributed by atoms with Gasteiger partial charge in [-0.2, -0.15) is 0 Å². The number of carboxylic acid groups (broad SMARTS) is 1. The van der Waals surface area contributed by atoms with Crippen LogP contribution in [0.25, 0.3) is 0 Å². The third kappa shape index (κ3) is 4.91. The van der Waals surface area contributed by atoms with Crippen molar-refractivity contribution in [1.29, 1.82) is 0 Å². The predicted molar refractivity (Wildman–Crippen MR) is 60.1 cm³/mol. The highest BCUT2D eigenvalue weighted by Gasteiger charge is 2.04. The van der Waals surface area contributed by atoms with Crippen LogP contribution in [-0.2, 0) is 17.8 Å². The lowest BCUT2D eigenvalue weighted by Crippen LogP contribution is -2.00. The molecule has 0 aliphatic carbocycles. The van der Waals surface area contributed by atoms with Crippen molar-refractivity contribution in [2.45, 2.75) is 52.0 Å². The zero-order valence-electron chi connectivity index (χ0n) is 9.72. The topological polar surface area (TPSA) is 68.0 Å². The van der Waals surface area contributed by atoms with Crippen LogP contribution in [0.15, 0.2) is 6.20 Å². The van der Waals surface area contributed by atoms with Crippen molar-refractivity contribution in [3.8, 4) is 0 Å². The summed E-state index contributed by atoms with van der Waals surface area (Å²) in [6, 6.07) is 0. The van der Waals surface area contributed by atoms with Gasteiger partial charge >= 0.3 is 5.97 Å². The summed E-state index contributed by atoms with van der Waals surface area (Å²) < 4.78 is 1.73. The van der Waals surface area contributed by atoms with Gasteiger partial charge in [-0.3, -0.25) is 9.48 Å². The van der Waals surface area contributed by atoms with Crippen LogP contribution in [-0.4, -0.2) is 26.1 Å². The van der Waals surface area contributed by atoms with Gasteiger partial charge in [0.15, 0.2) is 0 Å². The average molecular weight is 225 g/mol. The molecular formula is C11H19N3O2. The summed E-state index contributed by atoms with van der Waals surface area (Å²) in [5.41, 5.74) is 0.529. The van der Waals surface area contributed by atoms with E-state index in [1.165, 1.54) is 25.7 Å². The summed E-state index contributed by atoms with van der Waals surface area (Å²) >= 11 is 0. The number of aryl methyl sites for hydroxylation is 1. The van der Waals surface area contributed by atoms with Crippen LogP contribution in [0, 0.1) is 0 Å². The highest BCUT2D eigenvalue weighted by molar-refractivity contribution is 5.69. The molecule has 0 aliphatic heterocycles. The Morgan fingerprint density at radius 2 is 2.12 bits per heavy atom. The van der Waals surface area contributed by atoms with Crippen LogP contribution in [0.5, 0.6) is 0 Å². The molecule has 0 aromatic carbocycles. The second-order valence-electron chi connectivity index (χ2n) is 3.96. The average Bonchev–Trinajstić information content (AvgIpc) is 2.64. The normalized spacial score (nSPS) is 10.6. The molecule has 0 unspecified atom stereocenters. The first-order valence-corrected chi connectivity index (χ1v) is 5.83. The molecule has 0 radical (unpaired) electrons. The van der Waals surface area contributed by atoms with Crippen LogP contribution in [0.4, 0.5) is 0 Å². The van der Waals surface area contributed by atoms with Gasteiger partial charge in [-0.15, -0.1) is 5.10 Å². The molecule has 0 aliphatic rings. The Balaban J connectivity index is 2.21. The lowest BCUT2D eigenvalue weighted by molar-refractivity contribution is -0.136. The van der Waals surface area contributed by atoms with Crippen molar-refractivity contribution in [2.75, 3.05) is 0 Å². The monoisotopic (exact) mass is 225 g/mol. The standard InChI is InChI=1S/C11H19N3O2/c1-2-3-4-5-6-7-14-9-10(12-13-14)8-11(15)16/h9H,2-8H2,1H3,(H,15,16). The number of aliphatic carboxylic acids is 1. The third-order valence-corrected chi connectivity index (χ3v) is 2.41. The fourth-order valence-corrected chi connectivity index (χ4v) is 1.56. The molecule has 1 aromatic rings. The minimum Gasteiger partial charge on any atom is -0.481 e. The Labute approximate surface area is 95.5 Å². The van der Waals surface area contributed by atoms with E-state index in [-0.39, 0.29) is 6.42 Å². The van der Waals surface area contributed by atoms with Gasteiger partial charge in [-0.25, -0.2) is 0 Å². The molecule has 0 saturated carbocycles. The molecule has 16 heavy (non-hydrogen) atoms. The predicted octanol–water partition coefficient (Wildman–Crippen LogP) is 1.88. The fourth-order valence-electron chi connectivity index (χ4n) is 1.56. The van der Waals surface area contributed by atoms with Gasteiger partial charge in [0, 0.05) is 12.7 Å². The Morgan fingerprint density at radius 1 is 1.38 bits per heavy atom. The molecule has 1 rings (SSSR count). The summed E-state index contributed by atoms with van der Waals surface area (Å²) in [5.74, 6) is -0.866. The molecule has 0 saturated heterocycles. The summed E-state index contributed by atoms with van der Waals surface area (Å²) in [6.07, 6.45) is 7.72. The van der Waals surface area contributed by atoms with Gasteiger partial charge in [0.1, 0.15) is 0 Å². The number of nitrogens with zero attached hydrogens (tertiary/aromatic N) is 3. The van der Waals surface area contributed by atoms with Gasteiger partial charge in [0.05, 0.1) is 12.1 Å². The van der Waals surface area contributed by atoms with E-state index in [1.807, 2.05) is 0 Å². The van der Waals surface area contributed by atoms with Gasteiger partial charge in [0.2, 0.25) is 0 Å². The molecule has 0 bridgehead atoms. The number of hydrogen-bond donors (Lipinski definition) is 1. The maximum Gasteiger partial charge on any atom is 0.309 e. The number of carbonyl (C=O) groups is 1. The van der Waals surface area contributed by atoms with E-state index in [0.717, 1.165) is 13.0 Å². The van der Waals surface area contributed by atoms with Crippen molar-refractivity contribution in [1.82, 2.24) is 15.0 Å². The molecule has 1 aromatic heterocycles. The highest BCUT2D eigenvalue weighted by atomic mass is 16.4. The number of unbranched alkanes of at least 4 members (excludes halogenated alkanes) is 4. The minimum atomic E-state index is -0.866. The van der Waals surface area contributed by atoms with Crippen LogP contribution in [0.1, 0.15) is 44.7 Å². The SMILES string of the molecule is CCCCCCCn1cc(CC(=O)O)nn1. The third-order valence-electron chi connectivity index (χ3n) is 2.41. The number of carboxylic acids is 1. The Kier molecular flexibility index (Phi) is 5.53. The van der Waals surface area contributed by atoms with Crippen molar-refractivity contribution < 1.29 is 9.90 Å².